The van der Waals surface area contributed by atoms with Gasteiger partial charge in [0.1, 0.15) is 0 Å². The third-order valence-corrected chi connectivity index (χ3v) is 3.00. The third-order valence-electron chi connectivity index (χ3n) is 2.19. The molecule has 1 heterocycles. The fourth-order valence-electron chi connectivity index (χ4n) is 1.47. The average Bonchev–Trinajstić information content (AvgIpc) is 2.62. The molecule has 0 aromatic heterocycles. The second-order valence-corrected chi connectivity index (χ2v) is 4.72. The van der Waals surface area contributed by atoms with Gasteiger partial charge in [0.05, 0.1) is 21.8 Å². The van der Waals surface area contributed by atoms with Gasteiger partial charge in [-0.15, -0.1) is 0 Å². The normalized spacial score (nSPS) is 19.5. The summed E-state index contributed by atoms with van der Waals surface area (Å²) in [5.74, 6) is 0. The second kappa shape index (κ2) is 5.32. The van der Waals surface area contributed by atoms with E-state index >= 15 is 0 Å². The van der Waals surface area contributed by atoms with E-state index in [2.05, 4.69) is 5.43 Å². The fourth-order valence-corrected chi connectivity index (χ4v) is 1.85. The summed E-state index contributed by atoms with van der Waals surface area (Å²) in [6, 6.07) is 4.98. The van der Waals surface area contributed by atoms with Crippen LogP contribution in [0, 0.1) is 0 Å². The molecule has 18 heavy (non-hydrogen) atoms. The number of benzene rings is 1. The summed E-state index contributed by atoms with van der Waals surface area (Å²) in [5, 5.41) is 1.80. The van der Waals surface area contributed by atoms with Crippen LogP contribution in [0.5, 0.6) is 0 Å². The van der Waals surface area contributed by atoms with E-state index in [-0.39, 0.29) is 11.1 Å². The monoisotopic (exact) mass is 290 g/mol. The number of nitrogens with one attached hydrogen (secondary N) is 1. The lowest BCUT2D eigenvalue weighted by molar-refractivity contribution is -0.122. The topological polar surface area (TPSA) is 50.8 Å². The predicted octanol–water partition coefficient (Wildman–Crippen LogP) is 3.16. The van der Waals surface area contributed by atoms with Crippen molar-refractivity contribution >= 4 is 35.0 Å². The number of cyclic esters (lactones) is 1. The molecule has 2 rings (SSSR count). The largest absolute Gasteiger partial charge is 0.432 e. The lowest BCUT2D eigenvalue weighted by Gasteiger charge is -2.16. The summed E-state index contributed by atoms with van der Waals surface area (Å²) in [7, 11) is 0. The minimum Gasteiger partial charge on any atom is -0.402 e. The van der Waals surface area contributed by atoms with Crippen LogP contribution in [-0.2, 0) is 9.47 Å². The molecule has 1 saturated heterocycles. The molecule has 98 valence electrons. The summed E-state index contributed by atoms with van der Waals surface area (Å²) in [6.45, 7) is 3.68. The van der Waals surface area contributed by atoms with E-state index in [0.717, 1.165) is 0 Å². The van der Waals surface area contributed by atoms with Gasteiger partial charge in [-0.1, -0.05) is 29.3 Å². The van der Waals surface area contributed by atoms with Crippen LogP contribution in [0.4, 0.5) is 10.5 Å². The number of amides is 1. The molecule has 1 N–H and O–H groups in total. The van der Waals surface area contributed by atoms with Crippen molar-refractivity contribution in [3.8, 4) is 0 Å². The smallest absolute Gasteiger partial charge is 0.402 e. The Labute approximate surface area is 115 Å². The van der Waals surface area contributed by atoms with E-state index in [9.17, 15) is 4.79 Å². The Balaban J connectivity index is 2.19. The van der Waals surface area contributed by atoms with Crippen molar-refractivity contribution in [2.45, 2.75) is 26.4 Å². The summed E-state index contributed by atoms with van der Waals surface area (Å²) >= 11 is 11.9. The van der Waals surface area contributed by atoms with Gasteiger partial charge in [0, 0.05) is 0 Å². The molecule has 1 aromatic carbocycles. The van der Waals surface area contributed by atoms with E-state index in [4.69, 9.17) is 32.7 Å². The first kappa shape index (κ1) is 13.4. The number of nitrogens with zero attached hydrogens (tertiary/aromatic N) is 1. The molecule has 1 amide bonds. The first-order valence-corrected chi connectivity index (χ1v) is 6.11. The molecule has 1 unspecified atom stereocenters. The Hall–Kier alpha value is -1.01. The quantitative estimate of drug-likeness (QED) is 0.929. The summed E-state index contributed by atoms with van der Waals surface area (Å²) in [6.07, 6.45) is -1.50. The van der Waals surface area contributed by atoms with Gasteiger partial charge in [-0.2, -0.15) is 5.43 Å². The molecule has 1 aliphatic heterocycles. The maximum absolute atomic E-state index is 11.7. The van der Waals surface area contributed by atoms with Crippen LogP contribution in [-0.4, -0.2) is 18.6 Å². The Kier molecular flexibility index (Phi) is 3.97. The lowest BCUT2D eigenvalue weighted by atomic mass is 10.3. The summed E-state index contributed by atoms with van der Waals surface area (Å²) in [4.78, 5) is 11.7. The van der Waals surface area contributed by atoms with Crippen LogP contribution >= 0.6 is 23.2 Å². The highest BCUT2D eigenvalue weighted by Gasteiger charge is 2.34. The van der Waals surface area contributed by atoms with Crippen molar-refractivity contribution < 1.29 is 14.3 Å². The van der Waals surface area contributed by atoms with Crippen LogP contribution in [0.15, 0.2) is 18.2 Å². The standard InChI is InChI=1S/C11H12Cl2N2O3/c1-6(2)17-10-14-15(11(16)18-10)8-5-3-4-7(12)9(8)13/h3-6,10,14H,1-2H3. The van der Waals surface area contributed by atoms with E-state index in [1.54, 1.807) is 18.2 Å². The zero-order valence-corrected chi connectivity index (χ0v) is 11.3. The molecule has 0 bridgehead atoms. The Bertz CT molecular complexity index is 468. The van der Waals surface area contributed by atoms with E-state index < -0.39 is 12.5 Å². The van der Waals surface area contributed by atoms with Gasteiger partial charge in [0.2, 0.25) is 0 Å². The number of carbonyl (C=O) groups is 1. The van der Waals surface area contributed by atoms with Gasteiger partial charge < -0.3 is 9.47 Å². The molecule has 7 heteroatoms. The second-order valence-electron chi connectivity index (χ2n) is 3.94. The van der Waals surface area contributed by atoms with Crippen molar-refractivity contribution in [1.29, 1.82) is 0 Å². The van der Waals surface area contributed by atoms with E-state index in [1.807, 2.05) is 13.8 Å². The van der Waals surface area contributed by atoms with E-state index in [1.165, 1.54) is 5.01 Å². The minimum absolute atomic E-state index is 0.0786. The van der Waals surface area contributed by atoms with Crippen molar-refractivity contribution in [2.24, 2.45) is 0 Å². The van der Waals surface area contributed by atoms with Crippen LogP contribution < -0.4 is 10.4 Å². The zero-order chi connectivity index (χ0) is 13.3. The number of hydrazine groups is 1. The highest BCUT2D eigenvalue weighted by molar-refractivity contribution is 6.44. The predicted molar refractivity (Wildman–Crippen MR) is 68.6 cm³/mol. The maximum Gasteiger partial charge on any atom is 0.432 e. The molecule has 0 spiro atoms. The SMILES string of the molecule is CC(C)OC1NN(c2cccc(Cl)c2Cl)C(=O)O1. The summed E-state index contributed by atoms with van der Waals surface area (Å²) in [5.41, 5.74) is 3.17. The molecule has 1 atom stereocenters. The molecular weight excluding hydrogens is 279 g/mol. The molecule has 5 nitrogen and oxygen atoms in total. The number of carbonyl (C=O) groups excluding carboxylic acids is 1. The molecule has 0 radical (unpaired) electrons. The van der Waals surface area contributed by atoms with Crippen LogP contribution in [0.3, 0.4) is 0 Å². The van der Waals surface area contributed by atoms with Crippen molar-refractivity contribution in [3.63, 3.8) is 0 Å². The number of anilines is 1. The summed E-state index contributed by atoms with van der Waals surface area (Å²) < 4.78 is 10.3. The van der Waals surface area contributed by atoms with Gasteiger partial charge >= 0.3 is 6.09 Å². The van der Waals surface area contributed by atoms with Crippen molar-refractivity contribution in [3.05, 3.63) is 28.2 Å². The van der Waals surface area contributed by atoms with Crippen molar-refractivity contribution in [1.82, 2.24) is 5.43 Å². The molecule has 0 aliphatic carbocycles. The molecular formula is C11H12Cl2N2O3. The molecule has 1 aromatic rings. The van der Waals surface area contributed by atoms with Gasteiger partial charge in [-0.05, 0) is 26.0 Å². The highest BCUT2D eigenvalue weighted by atomic mass is 35.5. The Morgan fingerprint density at radius 1 is 1.44 bits per heavy atom. The van der Waals surface area contributed by atoms with Crippen LogP contribution in [0.25, 0.3) is 0 Å². The zero-order valence-electron chi connectivity index (χ0n) is 9.81. The molecule has 1 fully saturated rings. The third kappa shape index (κ3) is 2.70. The number of hydrogen-bond acceptors (Lipinski definition) is 4. The van der Waals surface area contributed by atoms with Crippen LogP contribution in [0.2, 0.25) is 10.0 Å². The van der Waals surface area contributed by atoms with Crippen molar-refractivity contribution in [2.75, 3.05) is 5.01 Å². The fraction of sp³-hybridized carbons (Fsp3) is 0.364. The van der Waals surface area contributed by atoms with Gasteiger partial charge in [-0.25, -0.2) is 9.80 Å². The Morgan fingerprint density at radius 3 is 2.83 bits per heavy atom. The number of ether oxygens (including phenoxy) is 2. The minimum atomic E-state index is -0.826. The highest BCUT2D eigenvalue weighted by Crippen LogP contribution is 2.33. The first-order chi connectivity index (χ1) is 8.49. The van der Waals surface area contributed by atoms with Gasteiger partial charge in [0.15, 0.2) is 0 Å². The maximum atomic E-state index is 11.7. The van der Waals surface area contributed by atoms with Crippen LogP contribution in [0.1, 0.15) is 13.8 Å². The average molecular weight is 291 g/mol. The molecule has 1 aliphatic rings. The molecule has 0 saturated carbocycles. The van der Waals surface area contributed by atoms with Gasteiger partial charge in [-0.3, -0.25) is 0 Å². The van der Waals surface area contributed by atoms with Gasteiger partial charge in [0.25, 0.3) is 6.41 Å². The first-order valence-electron chi connectivity index (χ1n) is 5.35. The Morgan fingerprint density at radius 2 is 2.17 bits per heavy atom. The number of hydrogen-bond donors (Lipinski definition) is 1. The number of halogens is 2. The lowest BCUT2D eigenvalue weighted by Crippen LogP contribution is -2.39. The number of rotatable bonds is 3. The van der Waals surface area contributed by atoms with E-state index in [0.29, 0.717) is 10.7 Å².